The molecule has 3 aliphatic heterocycles. The summed E-state index contributed by atoms with van der Waals surface area (Å²) >= 11 is 2.50. The molecule has 1 unspecified atom stereocenters. The Morgan fingerprint density at radius 3 is 2.41 bits per heavy atom. The predicted octanol–water partition coefficient (Wildman–Crippen LogP) is 8.95. The van der Waals surface area contributed by atoms with Gasteiger partial charge in [-0.15, -0.1) is 22.7 Å². The first kappa shape index (κ1) is 57.5. The number of benzene rings is 3. The Hall–Kier alpha value is -6.69. The summed E-state index contributed by atoms with van der Waals surface area (Å²) in [6, 6.07) is 14.9. The van der Waals surface area contributed by atoms with Gasteiger partial charge >= 0.3 is 13.3 Å². The molecule has 78 heavy (non-hydrogen) atoms. The van der Waals surface area contributed by atoms with E-state index in [0.29, 0.717) is 53.7 Å². The summed E-state index contributed by atoms with van der Waals surface area (Å²) in [4.78, 5) is 106. The maximum Gasteiger partial charge on any atom is 0.404 e. The molecule has 8 rings (SSSR count). The number of carbonyl (C=O) groups is 7. The number of rotatable bonds is 19. The Labute approximate surface area is 459 Å². The molecule has 5 heterocycles. The maximum absolute atomic E-state index is 15.7. The summed E-state index contributed by atoms with van der Waals surface area (Å²) in [6.45, 7) is 8.53. The monoisotopic (exact) mass is 1130 g/mol. The molecule has 0 radical (unpaired) electrons. The zero-order valence-electron chi connectivity index (χ0n) is 44.3. The van der Waals surface area contributed by atoms with Gasteiger partial charge in [-0.3, -0.25) is 43.4 Å². The van der Waals surface area contributed by atoms with E-state index in [9.17, 15) is 38.1 Å². The Bertz CT molecular complexity index is 3220. The van der Waals surface area contributed by atoms with Crippen LogP contribution in [0.15, 0.2) is 78.3 Å². The number of thiazole rings is 1. The second-order valence-electron chi connectivity index (χ2n) is 20.3. The van der Waals surface area contributed by atoms with Gasteiger partial charge in [0.25, 0.3) is 11.8 Å². The van der Waals surface area contributed by atoms with Crippen molar-refractivity contribution in [1.29, 1.82) is 0 Å². The van der Waals surface area contributed by atoms with Crippen LogP contribution in [0.25, 0.3) is 20.7 Å². The minimum Gasteiger partial charge on any atom is -0.346 e. The smallest absolute Gasteiger partial charge is 0.346 e. The maximum atomic E-state index is 15.7. The van der Waals surface area contributed by atoms with E-state index >= 15 is 8.78 Å². The number of anilines is 1. The van der Waals surface area contributed by atoms with E-state index < -0.39 is 66.0 Å². The summed E-state index contributed by atoms with van der Waals surface area (Å²) in [5, 5.41) is 8.15. The van der Waals surface area contributed by atoms with Crippen LogP contribution >= 0.6 is 30.3 Å². The van der Waals surface area contributed by atoms with Crippen molar-refractivity contribution in [2.24, 2.45) is 5.41 Å². The van der Waals surface area contributed by atoms with Gasteiger partial charge in [0.15, 0.2) is 0 Å². The highest BCUT2D eigenvalue weighted by atomic mass is 32.1. The number of imide groups is 1. The zero-order chi connectivity index (χ0) is 56.1. The van der Waals surface area contributed by atoms with Gasteiger partial charge in [0.05, 0.1) is 18.1 Å². The number of amides is 7. The molecule has 2 saturated heterocycles. The topological polar surface area (TPSA) is 205 Å². The first-order chi connectivity index (χ1) is 37.1. The van der Waals surface area contributed by atoms with Crippen molar-refractivity contribution in [3.8, 4) is 22.4 Å². The lowest BCUT2D eigenvalue weighted by Gasteiger charge is -2.36. The lowest BCUT2D eigenvalue weighted by atomic mass is 9.85. The van der Waals surface area contributed by atoms with Crippen molar-refractivity contribution in [3.05, 3.63) is 105 Å². The summed E-state index contributed by atoms with van der Waals surface area (Å²) in [5.41, 5.74) is -2.22. The van der Waals surface area contributed by atoms with Crippen LogP contribution in [0.5, 0.6) is 0 Å². The average molecular weight is 1130 g/mol. The van der Waals surface area contributed by atoms with Crippen molar-refractivity contribution in [2.45, 2.75) is 110 Å². The lowest BCUT2D eigenvalue weighted by molar-refractivity contribution is -0.141. The van der Waals surface area contributed by atoms with Gasteiger partial charge in [0.1, 0.15) is 23.1 Å². The fraction of sp³-hybridized carbons (Fsp3) is 0.429. The number of alkyl halides is 2. The number of carbonyl (C=O) groups excluding carboxylic acids is 7. The van der Waals surface area contributed by atoms with Gasteiger partial charge in [-0.05, 0) is 110 Å². The molecule has 0 aliphatic carbocycles. The summed E-state index contributed by atoms with van der Waals surface area (Å²) in [7, 11) is -3.21. The summed E-state index contributed by atoms with van der Waals surface area (Å²) in [6.07, 6.45) is 3.88. The van der Waals surface area contributed by atoms with Crippen LogP contribution in [-0.2, 0) is 49.8 Å². The molecule has 0 saturated carbocycles. The van der Waals surface area contributed by atoms with Crippen LogP contribution in [0, 0.1) is 17.3 Å². The van der Waals surface area contributed by atoms with E-state index in [0.717, 1.165) is 39.6 Å². The van der Waals surface area contributed by atoms with E-state index in [4.69, 9.17) is 9.05 Å². The van der Waals surface area contributed by atoms with Crippen LogP contribution in [0.4, 0.5) is 14.5 Å². The third-order valence-corrected chi connectivity index (χ3v) is 18.0. The van der Waals surface area contributed by atoms with Gasteiger partial charge in [-0.2, -0.15) is 8.78 Å². The molecule has 0 bridgehead atoms. The average Bonchev–Trinajstić information content (AvgIpc) is 4.31. The van der Waals surface area contributed by atoms with E-state index in [-0.39, 0.29) is 80.1 Å². The summed E-state index contributed by atoms with van der Waals surface area (Å²) < 4.78 is 55.1. The number of thiophene rings is 1. The molecular formula is C56H62F2N7O10PS2. The van der Waals surface area contributed by atoms with Gasteiger partial charge in [0, 0.05) is 96.7 Å². The number of fused-ring (bicyclic) bond motifs is 2. The SMILES string of the molecule is CCOP(=O)(OCC)C(F)(F)c1ccc2sc(C(=O)N[C@H](C(=O)N3CCC[C@H]3C(=O)N(CCC(=O)N(C)CCCC#Cc3cccc4c3CN(C3CCC(=O)NC3=O)C4=O)c3ccc(-c4nccs4)cc3)C(C)(C)C)cc2c1. The number of aromatic nitrogens is 1. The predicted molar refractivity (Wildman–Crippen MR) is 293 cm³/mol. The molecule has 7 amide bonds. The molecule has 2 fully saturated rings. The minimum atomic E-state index is -4.90. The molecule has 3 aliphatic rings. The molecule has 0 spiro atoms. The van der Waals surface area contributed by atoms with Crippen LogP contribution in [0.1, 0.15) is 116 Å². The number of halogens is 2. The normalized spacial score (nSPS) is 17.1. The molecular weight excluding hydrogens is 1060 g/mol. The van der Waals surface area contributed by atoms with E-state index in [1.807, 2.05) is 23.6 Å². The Morgan fingerprint density at radius 2 is 1.73 bits per heavy atom. The van der Waals surface area contributed by atoms with Crippen LogP contribution < -0.4 is 15.5 Å². The number of hydrogen-bond acceptors (Lipinski definition) is 13. The largest absolute Gasteiger partial charge is 0.404 e. The first-order valence-corrected chi connectivity index (χ1v) is 29.1. The Kier molecular flexibility index (Phi) is 17.8. The van der Waals surface area contributed by atoms with Gasteiger partial charge in [-0.1, -0.05) is 44.7 Å². The Balaban J connectivity index is 0.932. The van der Waals surface area contributed by atoms with Gasteiger partial charge in [0.2, 0.25) is 29.5 Å². The third kappa shape index (κ3) is 12.3. The number of hydrogen-bond donors (Lipinski definition) is 2. The van der Waals surface area contributed by atoms with Crippen molar-refractivity contribution in [2.75, 3.05) is 44.8 Å². The highest BCUT2D eigenvalue weighted by Crippen LogP contribution is 2.67. The molecule has 17 nitrogen and oxygen atoms in total. The van der Waals surface area contributed by atoms with Crippen LogP contribution in [0.3, 0.4) is 0 Å². The van der Waals surface area contributed by atoms with Crippen LogP contribution in [0.2, 0.25) is 0 Å². The van der Waals surface area contributed by atoms with Crippen LogP contribution in [-0.4, -0.2) is 119 Å². The highest BCUT2D eigenvalue weighted by molar-refractivity contribution is 7.54. The molecule has 3 atom stereocenters. The van der Waals surface area contributed by atoms with E-state index in [1.165, 1.54) is 52.0 Å². The number of nitrogens with zero attached hydrogens (tertiary/aromatic N) is 5. The number of piperidine rings is 1. The van der Waals surface area contributed by atoms with Crippen molar-refractivity contribution >= 4 is 87.4 Å². The molecule has 412 valence electrons. The minimum absolute atomic E-state index is 0.00154. The molecule has 5 aromatic rings. The quantitative estimate of drug-likeness (QED) is 0.0346. The highest BCUT2D eigenvalue weighted by Gasteiger charge is 2.55. The van der Waals surface area contributed by atoms with Gasteiger partial charge in [-0.25, -0.2) is 4.98 Å². The first-order valence-electron chi connectivity index (χ1n) is 25.9. The second kappa shape index (κ2) is 24.1. The fourth-order valence-electron chi connectivity index (χ4n) is 9.83. The van der Waals surface area contributed by atoms with Crippen molar-refractivity contribution in [3.63, 3.8) is 0 Å². The van der Waals surface area contributed by atoms with Crippen molar-refractivity contribution < 1.29 is 56.0 Å². The Morgan fingerprint density at radius 1 is 0.987 bits per heavy atom. The molecule has 2 N–H and O–H groups in total. The zero-order valence-corrected chi connectivity index (χ0v) is 46.8. The molecule has 3 aromatic carbocycles. The summed E-state index contributed by atoms with van der Waals surface area (Å²) in [5.74, 6) is 3.50. The lowest BCUT2D eigenvalue weighted by Crippen LogP contribution is -2.58. The third-order valence-electron chi connectivity index (χ3n) is 13.9. The second-order valence-corrected chi connectivity index (χ2v) is 24.3. The molecule has 2 aromatic heterocycles. The molecule has 22 heteroatoms. The standard InChI is InChI=1S/C56H62F2N7O10PS2/c1-7-74-76(73,75-8-2)56(57,58)38-20-24-44-37(32-38)33-45(78-44)50(69)61-48(55(3,4)5)54(72)64-29-13-17-43(64)53(71)63(39-21-18-36(19-22-39)51-59-27-31-77-51)30-26-47(67)62(6)28-11-9-10-14-35-15-12-16-40-41(35)34-65(52(40)70)42-23-25-46(66)60-49(42)68/h12,15-16,18-22,24,27,31-33,42-43,48H,7-9,11,13,17,23,25-26,28-30,34H2,1-6H3,(H,61,69)(H,60,66,68)/t42?,43-,48+/m0/s1. The van der Waals surface area contributed by atoms with Gasteiger partial charge < -0.3 is 34.0 Å². The fourth-order valence-corrected chi connectivity index (χ4v) is 13.0. The van der Waals surface area contributed by atoms with E-state index in [1.54, 1.807) is 63.2 Å². The number of likely N-dealkylation sites (tertiary alicyclic amines) is 1. The number of unbranched alkanes of at least 4 members (excludes halogenated alkanes) is 1. The van der Waals surface area contributed by atoms with E-state index in [2.05, 4.69) is 27.5 Å². The van der Waals surface area contributed by atoms with Crippen molar-refractivity contribution in [1.82, 2.24) is 30.3 Å². The number of nitrogens with one attached hydrogen (secondary N) is 2.